The van der Waals surface area contributed by atoms with Gasteiger partial charge in [-0.3, -0.25) is 10.1 Å². The standard InChI is InChI=1S/C23H17BrClN3O4S/c1-11-7-12(24)8-16(20(11)31-2)21(30)28-23(33)26-14-4-5-18(29)15(10-14)22-27-17-9-13(25)3-6-19(17)32-22/h3-10,29H,1-2H3,(H2,26,28,30,33). The smallest absolute Gasteiger partial charge is 0.261 e. The number of nitrogens with one attached hydrogen (secondary N) is 2. The summed E-state index contributed by atoms with van der Waals surface area (Å²) in [4.78, 5) is 17.2. The second-order valence-corrected chi connectivity index (χ2v) is 8.84. The highest BCUT2D eigenvalue weighted by atomic mass is 79.9. The summed E-state index contributed by atoms with van der Waals surface area (Å²) in [5.41, 5.74) is 3.12. The van der Waals surface area contributed by atoms with E-state index in [2.05, 4.69) is 31.5 Å². The molecule has 1 heterocycles. The fourth-order valence-electron chi connectivity index (χ4n) is 3.30. The Morgan fingerprint density at radius 1 is 1.21 bits per heavy atom. The third kappa shape index (κ3) is 4.95. The van der Waals surface area contributed by atoms with Crippen LogP contribution in [0.3, 0.4) is 0 Å². The minimum atomic E-state index is -0.427. The van der Waals surface area contributed by atoms with E-state index in [0.717, 1.165) is 10.0 Å². The monoisotopic (exact) mass is 545 g/mol. The zero-order valence-electron chi connectivity index (χ0n) is 17.4. The number of methoxy groups -OCH3 is 1. The molecule has 3 N–H and O–H groups in total. The Balaban J connectivity index is 1.55. The van der Waals surface area contributed by atoms with Crippen LogP contribution in [0.1, 0.15) is 15.9 Å². The number of benzene rings is 3. The number of anilines is 1. The average Bonchev–Trinajstić information content (AvgIpc) is 3.17. The maximum absolute atomic E-state index is 12.8. The average molecular weight is 547 g/mol. The van der Waals surface area contributed by atoms with E-state index in [0.29, 0.717) is 38.7 Å². The summed E-state index contributed by atoms with van der Waals surface area (Å²) in [6.07, 6.45) is 0. The molecule has 4 aromatic rings. The van der Waals surface area contributed by atoms with Gasteiger partial charge in [-0.1, -0.05) is 27.5 Å². The molecule has 0 saturated carbocycles. The van der Waals surface area contributed by atoms with E-state index in [-0.39, 0.29) is 16.8 Å². The van der Waals surface area contributed by atoms with E-state index in [4.69, 9.17) is 33.0 Å². The van der Waals surface area contributed by atoms with Crippen molar-refractivity contribution in [1.29, 1.82) is 0 Å². The number of thiocarbonyl (C=S) groups is 1. The Morgan fingerprint density at radius 3 is 2.76 bits per heavy atom. The lowest BCUT2D eigenvalue weighted by Crippen LogP contribution is -2.34. The molecule has 4 rings (SSSR count). The minimum Gasteiger partial charge on any atom is -0.507 e. The van der Waals surface area contributed by atoms with E-state index in [1.54, 1.807) is 36.4 Å². The van der Waals surface area contributed by atoms with Gasteiger partial charge in [0.2, 0.25) is 5.89 Å². The van der Waals surface area contributed by atoms with E-state index >= 15 is 0 Å². The molecule has 7 nitrogen and oxygen atoms in total. The van der Waals surface area contributed by atoms with E-state index in [9.17, 15) is 9.90 Å². The number of carbonyl (C=O) groups is 1. The van der Waals surface area contributed by atoms with Crippen LogP contribution in [0.15, 0.2) is 57.4 Å². The number of phenolic OH excluding ortho intramolecular Hbond substituents is 1. The molecule has 0 bridgehead atoms. The second kappa shape index (κ2) is 9.38. The van der Waals surface area contributed by atoms with Crippen molar-refractivity contribution in [2.45, 2.75) is 6.92 Å². The Hall–Kier alpha value is -3.14. The number of ether oxygens (including phenoxy) is 1. The van der Waals surface area contributed by atoms with Crippen LogP contribution in [0.5, 0.6) is 11.5 Å². The van der Waals surface area contributed by atoms with Gasteiger partial charge in [-0.25, -0.2) is 4.98 Å². The maximum atomic E-state index is 12.8. The Labute approximate surface area is 207 Å². The highest BCUT2D eigenvalue weighted by Gasteiger charge is 2.18. The molecule has 0 unspecified atom stereocenters. The van der Waals surface area contributed by atoms with Crippen molar-refractivity contribution >= 4 is 67.6 Å². The first-order valence-electron chi connectivity index (χ1n) is 9.61. The molecule has 0 radical (unpaired) electrons. The predicted octanol–water partition coefficient (Wildman–Crippen LogP) is 6.06. The van der Waals surface area contributed by atoms with Gasteiger partial charge in [0.15, 0.2) is 10.7 Å². The molecule has 0 atom stereocenters. The summed E-state index contributed by atoms with van der Waals surface area (Å²) in [5, 5.41) is 16.5. The number of phenols is 1. The number of fused-ring (bicyclic) bond motifs is 1. The number of aromatic nitrogens is 1. The van der Waals surface area contributed by atoms with Crippen molar-refractivity contribution in [3.8, 4) is 23.0 Å². The van der Waals surface area contributed by atoms with Gasteiger partial charge < -0.3 is 19.6 Å². The molecular formula is C23H17BrClN3O4S. The third-order valence-corrected chi connectivity index (χ3v) is 5.65. The maximum Gasteiger partial charge on any atom is 0.261 e. The quantitative estimate of drug-likeness (QED) is 0.211. The zero-order valence-corrected chi connectivity index (χ0v) is 20.6. The number of carbonyl (C=O) groups excluding carboxylic acids is 1. The molecule has 10 heteroatoms. The molecule has 0 aliphatic carbocycles. The number of rotatable bonds is 4. The summed E-state index contributed by atoms with van der Waals surface area (Å²) >= 11 is 14.7. The first kappa shape index (κ1) is 23.0. The summed E-state index contributed by atoms with van der Waals surface area (Å²) in [7, 11) is 1.50. The van der Waals surface area contributed by atoms with Gasteiger partial charge in [-0.15, -0.1) is 0 Å². The molecule has 0 fully saturated rings. The number of hydrogen-bond acceptors (Lipinski definition) is 6. The van der Waals surface area contributed by atoms with Gasteiger partial charge in [-0.2, -0.15) is 0 Å². The lowest BCUT2D eigenvalue weighted by Gasteiger charge is -2.14. The molecular weight excluding hydrogens is 530 g/mol. The van der Waals surface area contributed by atoms with Gasteiger partial charge in [0.1, 0.15) is 17.0 Å². The second-order valence-electron chi connectivity index (χ2n) is 7.07. The third-order valence-electron chi connectivity index (χ3n) is 4.75. The van der Waals surface area contributed by atoms with Crippen molar-refractivity contribution in [3.05, 3.63) is 69.2 Å². The molecule has 1 amide bonds. The molecule has 0 saturated heterocycles. The summed E-state index contributed by atoms with van der Waals surface area (Å²) < 4.78 is 11.8. The van der Waals surface area contributed by atoms with Crippen molar-refractivity contribution in [3.63, 3.8) is 0 Å². The van der Waals surface area contributed by atoms with Crippen LogP contribution in [0.4, 0.5) is 5.69 Å². The van der Waals surface area contributed by atoms with Crippen LogP contribution in [0.25, 0.3) is 22.6 Å². The molecule has 33 heavy (non-hydrogen) atoms. The Bertz CT molecular complexity index is 1410. The Morgan fingerprint density at radius 2 is 2.00 bits per heavy atom. The van der Waals surface area contributed by atoms with Crippen molar-refractivity contribution in [1.82, 2.24) is 10.3 Å². The van der Waals surface area contributed by atoms with Crippen LogP contribution < -0.4 is 15.4 Å². The number of halogens is 2. The van der Waals surface area contributed by atoms with Gasteiger partial charge in [0.25, 0.3) is 5.91 Å². The normalized spacial score (nSPS) is 10.8. The first-order valence-corrected chi connectivity index (χ1v) is 11.2. The number of amides is 1. The summed E-state index contributed by atoms with van der Waals surface area (Å²) in [6.45, 7) is 1.84. The number of aryl methyl sites for hydroxylation is 1. The van der Waals surface area contributed by atoms with Crippen LogP contribution in [0.2, 0.25) is 5.02 Å². The lowest BCUT2D eigenvalue weighted by molar-refractivity contribution is 0.0974. The molecule has 3 aromatic carbocycles. The van der Waals surface area contributed by atoms with Gasteiger partial charge >= 0.3 is 0 Å². The SMILES string of the molecule is COc1c(C)cc(Br)cc1C(=O)NC(=S)Nc1ccc(O)c(-c2nc3cc(Cl)ccc3o2)c1. The van der Waals surface area contributed by atoms with Crippen LogP contribution >= 0.6 is 39.7 Å². The van der Waals surface area contributed by atoms with Gasteiger partial charge in [-0.05, 0) is 73.2 Å². The topological polar surface area (TPSA) is 96.6 Å². The highest BCUT2D eigenvalue weighted by Crippen LogP contribution is 2.34. The van der Waals surface area contributed by atoms with Crippen molar-refractivity contribution in [2.75, 3.05) is 12.4 Å². The van der Waals surface area contributed by atoms with Crippen LogP contribution in [-0.2, 0) is 0 Å². The molecule has 0 aliphatic rings. The van der Waals surface area contributed by atoms with E-state index < -0.39 is 5.91 Å². The fourth-order valence-corrected chi connectivity index (χ4v) is 4.25. The highest BCUT2D eigenvalue weighted by molar-refractivity contribution is 9.10. The van der Waals surface area contributed by atoms with Crippen molar-refractivity contribution in [2.24, 2.45) is 0 Å². The lowest BCUT2D eigenvalue weighted by atomic mass is 10.1. The number of aromatic hydroxyl groups is 1. The van der Waals surface area contributed by atoms with Crippen LogP contribution in [-0.4, -0.2) is 28.2 Å². The molecule has 0 aliphatic heterocycles. The predicted molar refractivity (Wildman–Crippen MR) is 135 cm³/mol. The summed E-state index contributed by atoms with van der Waals surface area (Å²) in [6, 6.07) is 13.3. The minimum absolute atomic E-state index is 0.0255. The van der Waals surface area contributed by atoms with E-state index in [1.165, 1.54) is 13.2 Å². The number of nitrogens with zero attached hydrogens (tertiary/aromatic N) is 1. The van der Waals surface area contributed by atoms with E-state index in [1.807, 2.05) is 13.0 Å². The van der Waals surface area contributed by atoms with Crippen molar-refractivity contribution < 1.29 is 19.1 Å². The zero-order chi connectivity index (χ0) is 23.7. The number of hydrogen-bond donors (Lipinski definition) is 3. The Kier molecular flexibility index (Phi) is 6.55. The molecule has 0 spiro atoms. The molecule has 168 valence electrons. The number of oxazole rings is 1. The van der Waals surface area contributed by atoms with Gasteiger partial charge in [0, 0.05) is 15.2 Å². The summed E-state index contributed by atoms with van der Waals surface area (Å²) in [5.74, 6) is 0.227. The van der Waals surface area contributed by atoms with Gasteiger partial charge in [0.05, 0.1) is 18.2 Å². The largest absolute Gasteiger partial charge is 0.507 e. The fraction of sp³-hybridized carbons (Fsp3) is 0.0870. The van der Waals surface area contributed by atoms with Crippen LogP contribution in [0, 0.1) is 6.92 Å². The molecule has 1 aromatic heterocycles. The first-order chi connectivity index (χ1) is 15.7.